The molecule has 3 rings (SSSR count). The van der Waals surface area contributed by atoms with Gasteiger partial charge >= 0.3 is 0 Å². The van der Waals surface area contributed by atoms with E-state index in [0.29, 0.717) is 13.0 Å². The average molecular weight is 260 g/mol. The third-order valence-electron chi connectivity index (χ3n) is 4.06. The van der Waals surface area contributed by atoms with E-state index in [-0.39, 0.29) is 24.1 Å². The molecular weight excluding hydrogens is 240 g/mol. The van der Waals surface area contributed by atoms with Gasteiger partial charge in [-0.05, 0) is 37.3 Å². The second kappa shape index (κ2) is 5.43. The van der Waals surface area contributed by atoms with Crippen molar-refractivity contribution in [3.05, 3.63) is 35.4 Å². The van der Waals surface area contributed by atoms with Crippen LogP contribution in [0.1, 0.15) is 43.4 Å². The summed E-state index contributed by atoms with van der Waals surface area (Å²) in [5.41, 5.74) is 2.68. The molecule has 3 heteroatoms. The highest BCUT2D eigenvalue weighted by Gasteiger charge is 2.43. The zero-order valence-electron chi connectivity index (χ0n) is 11.3. The lowest BCUT2D eigenvalue weighted by Gasteiger charge is -2.38. The van der Waals surface area contributed by atoms with Crippen LogP contribution in [0.5, 0.6) is 0 Å². The molecule has 1 aromatic carbocycles. The minimum Gasteiger partial charge on any atom is -0.368 e. The standard InChI is InChI=1S/C16H20O3/c1-2-18-16-13(17)10-15(16)19-14-9-5-7-11-6-3-4-8-12(11)14/h3-4,6,8,14-16H,2,5,7,9-10H2,1H3. The quantitative estimate of drug-likeness (QED) is 0.835. The fraction of sp³-hybridized carbons (Fsp3) is 0.562. The third-order valence-corrected chi connectivity index (χ3v) is 4.06. The molecule has 1 saturated carbocycles. The van der Waals surface area contributed by atoms with Crippen molar-refractivity contribution in [3.63, 3.8) is 0 Å². The van der Waals surface area contributed by atoms with Gasteiger partial charge in [0.1, 0.15) is 6.10 Å². The predicted octanol–water partition coefficient (Wildman–Crippen LogP) is 2.83. The summed E-state index contributed by atoms with van der Waals surface area (Å²) >= 11 is 0. The zero-order chi connectivity index (χ0) is 13.2. The van der Waals surface area contributed by atoms with Gasteiger partial charge in [0, 0.05) is 13.0 Å². The summed E-state index contributed by atoms with van der Waals surface area (Å²) in [6.45, 7) is 2.48. The highest BCUT2D eigenvalue weighted by atomic mass is 16.6. The molecule has 0 spiro atoms. The van der Waals surface area contributed by atoms with E-state index in [1.165, 1.54) is 11.1 Å². The number of ketones is 1. The Morgan fingerprint density at radius 3 is 2.95 bits per heavy atom. The van der Waals surface area contributed by atoms with Crippen molar-refractivity contribution in [2.75, 3.05) is 6.61 Å². The van der Waals surface area contributed by atoms with Gasteiger partial charge in [-0.15, -0.1) is 0 Å². The molecule has 0 amide bonds. The van der Waals surface area contributed by atoms with Crippen LogP contribution in [0, 0.1) is 0 Å². The minimum atomic E-state index is -0.334. The molecule has 0 aromatic heterocycles. The van der Waals surface area contributed by atoms with Crippen LogP contribution in [0.25, 0.3) is 0 Å². The van der Waals surface area contributed by atoms with E-state index in [4.69, 9.17) is 9.47 Å². The first-order chi connectivity index (χ1) is 9.29. The van der Waals surface area contributed by atoms with Crippen LogP contribution in [0.15, 0.2) is 24.3 Å². The summed E-state index contributed by atoms with van der Waals surface area (Å²) in [5, 5.41) is 0. The minimum absolute atomic E-state index is 0.0522. The van der Waals surface area contributed by atoms with Crippen molar-refractivity contribution in [1.29, 1.82) is 0 Å². The van der Waals surface area contributed by atoms with E-state index in [1.54, 1.807) is 0 Å². The number of fused-ring (bicyclic) bond motifs is 1. The van der Waals surface area contributed by atoms with Gasteiger partial charge in [0.2, 0.25) is 0 Å². The summed E-state index contributed by atoms with van der Waals surface area (Å²) in [5.74, 6) is 0.177. The molecule has 0 aliphatic heterocycles. The van der Waals surface area contributed by atoms with Gasteiger partial charge in [-0.3, -0.25) is 4.79 Å². The number of hydrogen-bond donors (Lipinski definition) is 0. The van der Waals surface area contributed by atoms with Gasteiger partial charge in [0.15, 0.2) is 5.78 Å². The molecule has 3 nitrogen and oxygen atoms in total. The van der Waals surface area contributed by atoms with Crippen molar-refractivity contribution in [1.82, 2.24) is 0 Å². The fourth-order valence-corrected chi connectivity index (χ4v) is 3.03. The molecule has 19 heavy (non-hydrogen) atoms. The second-order valence-corrected chi connectivity index (χ2v) is 5.30. The summed E-state index contributed by atoms with van der Waals surface area (Å²) in [4.78, 5) is 11.5. The number of rotatable bonds is 4. The van der Waals surface area contributed by atoms with Crippen LogP contribution < -0.4 is 0 Å². The topological polar surface area (TPSA) is 35.5 Å². The number of carbonyl (C=O) groups excluding carboxylic acids is 1. The van der Waals surface area contributed by atoms with E-state index in [9.17, 15) is 4.79 Å². The molecule has 0 bridgehead atoms. The average Bonchev–Trinajstić information content (AvgIpc) is 2.45. The molecule has 0 N–H and O–H groups in total. The van der Waals surface area contributed by atoms with Gasteiger partial charge in [0.25, 0.3) is 0 Å². The van der Waals surface area contributed by atoms with Crippen LogP contribution in [-0.4, -0.2) is 24.6 Å². The molecule has 3 atom stereocenters. The number of aryl methyl sites for hydroxylation is 1. The fourth-order valence-electron chi connectivity index (χ4n) is 3.03. The van der Waals surface area contributed by atoms with Crippen molar-refractivity contribution in [3.8, 4) is 0 Å². The molecule has 0 radical (unpaired) electrons. The maximum atomic E-state index is 11.5. The Hall–Kier alpha value is -1.19. The molecule has 3 unspecified atom stereocenters. The Balaban J connectivity index is 1.70. The lowest BCUT2D eigenvalue weighted by molar-refractivity contribution is -0.174. The van der Waals surface area contributed by atoms with Crippen LogP contribution in [0.4, 0.5) is 0 Å². The highest BCUT2D eigenvalue weighted by molar-refractivity contribution is 5.90. The van der Waals surface area contributed by atoms with E-state index < -0.39 is 0 Å². The first-order valence-electron chi connectivity index (χ1n) is 7.17. The molecule has 2 aliphatic carbocycles. The largest absolute Gasteiger partial charge is 0.368 e. The molecular formula is C16H20O3. The number of Topliss-reactive ketones (excluding diaryl/α,β-unsaturated/α-hetero) is 1. The smallest absolute Gasteiger partial charge is 0.166 e. The van der Waals surface area contributed by atoms with Crippen LogP contribution in [0.3, 0.4) is 0 Å². The normalized spacial score (nSPS) is 29.7. The van der Waals surface area contributed by atoms with Gasteiger partial charge in [-0.2, -0.15) is 0 Å². The maximum absolute atomic E-state index is 11.5. The summed E-state index contributed by atoms with van der Waals surface area (Å²) in [6.07, 6.45) is 3.58. The monoisotopic (exact) mass is 260 g/mol. The summed E-state index contributed by atoms with van der Waals surface area (Å²) < 4.78 is 11.6. The Bertz CT molecular complexity index is 469. The van der Waals surface area contributed by atoms with Gasteiger partial charge < -0.3 is 9.47 Å². The summed E-state index contributed by atoms with van der Waals surface area (Å²) in [6, 6.07) is 8.47. The van der Waals surface area contributed by atoms with Gasteiger partial charge in [-0.1, -0.05) is 24.3 Å². The summed E-state index contributed by atoms with van der Waals surface area (Å²) in [7, 11) is 0. The first-order valence-corrected chi connectivity index (χ1v) is 7.17. The van der Waals surface area contributed by atoms with E-state index in [1.807, 2.05) is 6.92 Å². The van der Waals surface area contributed by atoms with Crippen molar-refractivity contribution in [2.45, 2.75) is 50.9 Å². The second-order valence-electron chi connectivity index (χ2n) is 5.30. The maximum Gasteiger partial charge on any atom is 0.166 e. The lowest BCUT2D eigenvalue weighted by Crippen LogP contribution is -2.51. The van der Waals surface area contributed by atoms with Crippen molar-refractivity contribution >= 4 is 5.78 Å². The molecule has 1 fully saturated rings. The van der Waals surface area contributed by atoms with Crippen LogP contribution >= 0.6 is 0 Å². The van der Waals surface area contributed by atoms with E-state index >= 15 is 0 Å². The van der Waals surface area contributed by atoms with E-state index in [0.717, 1.165) is 19.3 Å². The number of hydrogen-bond acceptors (Lipinski definition) is 3. The Morgan fingerprint density at radius 1 is 1.32 bits per heavy atom. The van der Waals surface area contributed by atoms with Crippen molar-refractivity contribution in [2.24, 2.45) is 0 Å². The number of carbonyl (C=O) groups is 1. The molecule has 102 valence electrons. The van der Waals surface area contributed by atoms with Crippen LogP contribution in [-0.2, 0) is 20.7 Å². The third kappa shape index (κ3) is 2.45. The highest BCUT2D eigenvalue weighted by Crippen LogP contribution is 2.36. The Kier molecular flexibility index (Phi) is 3.67. The Labute approximate surface area is 113 Å². The number of ether oxygens (including phenoxy) is 2. The number of benzene rings is 1. The predicted molar refractivity (Wildman–Crippen MR) is 72.0 cm³/mol. The van der Waals surface area contributed by atoms with Crippen molar-refractivity contribution < 1.29 is 14.3 Å². The Morgan fingerprint density at radius 2 is 2.16 bits per heavy atom. The SMILES string of the molecule is CCOC1C(=O)CC1OC1CCCc2ccccc21. The molecule has 0 saturated heterocycles. The van der Waals surface area contributed by atoms with Gasteiger partial charge in [-0.25, -0.2) is 0 Å². The zero-order valence-corrected chi connectivity index (χ0v) is 11.3. The first kappa shape index (κ1) is 12.8. The lowest BCUT2D eigenvalue weighted by atomic mass is 9.86. The molecule has 0 heterocycles. The van der Waals surface area contributed by atoms with Crippen LogP contribution in [0.2, 0.25) is 0 Å². The van der Waals surface area contributed by atoms with Gasteiger partial charge in [0.05, 0.1) is 12.2 Å². The molecule has 1 aromatic rings. The molecule has 2 aliphatic rings. The van der Waals surface area contributed by atoms with E-state index in [2.05, 4.69) is 24.3 Å².